The van der Waals surface area contributed by atoms with E-state index >= 15 is 0 Å². The van der Waals surface area contributed by atoms with Crippen LogP contribution in [-0.4, -0.2) is 26.6 Å². The lowest BCUT2D eigenvalue weighted by atomic mass is 9.77. The molecule has 0 bridgehead atoms. The first-order chi connectivity index (χ1) is 9.45. The maximum atomic E-state index is 11.7. The zero-order valence-electron chi connectivity index (χ0n) is 12.4. The van der Waals surface area contributed by atoms with Gasteiger partial charge in [-0.2, -0.15) is 0 Å². The number of nitrogens with one attached hydrogen (secondary N) is 1. The first kappa shape index (κ1) is 14.8. The molecule has 1 aliphatic rings. The lowest BCUT2D eigenvalue weighted by Gasteiger charge is -2.36. The first-order valence-corrected chi connectivity index (χ1v) is 7.31. The van der Waals surface area contributed by atoms with E-state index in [2.05, 4.69) is 22.2 Å². The molecule has 5 heteroatoms. The van der Waals surface area contributed by atoms with Gasteiger partial charge in [-0.15, -0.1) is 0 Å². The fraction of sp³-hybridized carbons (Fsp3) is 0.667. The second kappa shape index (κ2) is 5.77. The van der Waals surface area contributed by atoms with Gasteiger partial charge in [-0.25, -0.2) is 14.8 Å². The standard InChI is InChI=1S/C15H23N3O2/c1-4-12-9-13(17-11(3)16-12)18-15(14(19)20)7-5-10(2)6-8-15/h9-10H,4-8H2,1-3H3,(H,19,20)(H,16,17,18). The van der Waals surface area contributed by atoms with Gasteiger partial charge in [0.2, 0.25) is 0 Å². The van der Waals surface area contributed by atoms with E-state index in [-0.39, 0.29) is 0 Å². The normalized spacial score (nSPS) is 26.2. The minimum absolute atomic E-state index is 0.600. The average Bonchev–Trinajstić information content (AvgIpc) is 2.40. The molecule has 0 aromatic carbocycles. The van der Waals surface area contributed by atoms with Crippen molar-refractivity contribution < 1.29 is 9.90 Å². The second-order valence-corrected chi connectivity index (χ2v) is 5.84. The maximum absolute atomic E-state index is 11.7. The highest BCUT2D eigenvalue weighted by molar-refractivity contribution is 5.82. The van der Waals surface area contributed by atoms with Crippen LogP contribution in [0.4, 0.5) is 5.82 Å². The third-order valence-corrected chi connectivity index (χ3v) is 4.16. The summed E-state index contributed by atoms with van der Waals surface area (Å²) in [5, 5.41) is 12.8. The highest BCUT2D eigenvalue weighted by Crippen LogP contribution is 2.34. The Hall–Kier alpha value is -1.65. The van der Waals surface area contributed by atoms with Gasteiger partial charge in [-0.3, -0.25) is 0 Å². The van der Waals surface area contributed by atoms with Crippen LogP contribution in [0.25, 0.3) is 0 Å². The summed E-state index contributed by atoms with van der Waals surface area (Å²) in [6.07, 6.45) is 3.98. The fourth-order valence-corrected chi connectivity index (χ4v) is 2.77. The lowest BCUT2D eigenvalue weighted by molar-refractivity contribution is -0.143. The number of hydrogen-bond acceptors (Lipinski definition) is 4. The van der Waals surface area contributed by atoms with Gasteiger partial charge in [0.15, 0.2) is 0 Å². The van der Waals surface area contributed by atoms with Crippen molar-refractivity contribution in [1.82, 2.24) is 9.97 Å². The summed E-state index contributed by atoms with van der Waals surface area (Å²) in [4.78, 5) is 20.4. The average molecular weight is 277 g/mol. The molecular formula is C15H23N3O2. The van der Waals surface area contributed by atoms with Gasteiger partial charge in [0.25, 0.3) is 0 Å². The Morgan fingerprint density at radius 2 is 2.10 bits per heavy atom. The fourth-order valence-electron chi connectivity index (χ4n) is 2.77. The van der Waals surface area contributed by atoms with Gasteiger partial charge >= 0.3 is 5.97 Å². The number of rotatable bonds is 4. The molecule has 20 heavy (non-hydrogen) atoms. The van der Waals surface area contributed by atoms with Crippen LogP contribution in [-0.2, 0) is 11.2 Å². The van der Waals surface area contributed by atoms with E-state index in [4.69, 9.17) is 0 Å². The number of aliphatic carboxylic acids is 1. The minimum atomic E-state index is -0.877. The Bertz CT molecular complexity index is 494. The van der Waals surface area contributed by atoms with Crippen LogP contribution in [0.2, 0.25) is 0 Å². The summed E-state index contributed by atoms with van der Waals surface area (Å²) in [5.74, 6) is 1.13. The molecule has 2 N–H and O–H groups in total. The highest BCUT2D eigenvalue weighted by atomic mass is 16.4. The SMILES string of the molecule is CCc1cc(NC2(C(=O)O)CCC(C)CC2)nc(C)n1. The maximum Gasteiger partial charge on any atom is 0.329 e. The molecule has 1 heterocycles. The van der Waals surface area contributed by atoms with Crippen molar-refractivity contribution in [3.63, 3.8) is 0 Å². The van der Waals surface area contributed by atoms with Gasteiger partial charge in [0, 0.05) is 11.8 Å². The molecule has 0 amide bonds. The van der Waals surface area contributed by atoms with E-state index < -0.39 is 11.5 Å². The zero-order valence-corrected chi connectivity index (χ0v) is 12.4. The van der Waals surface area contributed by atoms with Gasteiger partial charge < -0.3 is 10.4 Å². The molecule has 1 fully saturated rings. The van der Waals surface area contributed by atoms with Gasteiger partial charge in [0.1, 0.15) is 17.2 Å². The Labute approximate surface area is 119 Å². The Morgan fingerprint density at radius 3 is 2.65 bits per heavy atom. The Kier molecular flexibility index (Phi) is 4.26. The monoisotopic (exact) mass is 277 g/mol. The summed E-state index contributed by atoms with van der Waals surface area (Å²) in [6, 6.07) is 1.86. The van der Waals surface area contributed by atoms with Crippen LogP contribution in [0.15, 0.2) is 6.07 Å². The topological polar surface area (TPSA) is 75.1 Å². The van der Waals surface area contributed by atoms with Crippen LogP contribution in [0.1, 0.15) is 51.0 Å². The Morgan fingerprint density at radius 1 is 1.45 bits per heavy atom. The molecule has 0 atom stereocenters. The van der Waals surface area contributed by atoms with E-state index in [1.54, 1.807) is 0 Å². The Balaban J connectivity index is 2.24. The summed E-state index contributed by atoms with van der Waals surface area (Å²) in [6.45, 7) is 6.04. The third kappa shape index (κ3) is 3.08. The number of nitrogens with zero attached hydrogens (tertiary/aromatic N) is 2. The van der Waals surface area contributed by atoms with Crippen LogP contribution < -0.4 is 5.32 Å². The van der Waals surface area contributed by atoms with E-state index in [0.29, 0.717) is 30.4 Å². The van der Waals surface area contributed by atoms with E-state index in [0.717, 1.165) is 25.0 Å². The zero-order chi connectivity index (χ0) is 14.8. The summed E-state index contributed by atoms with van der Waals surface area (Å²) < 4.78 is 0. The van der Waals surface area contributed by atoms with Gasteiger partial charge in [0.05, 0.1) is 0 Å². The van der Waals surface area contributed by atoms with Crippen molar-refractivity contribution in [2.45, 2.75) is 58.4 Å². The van der Waals surface area contributed by atoms with Crippen LogP contribution in [0, 0.1) is 12.8 Å². The molecule has 1 aromatic heterocycles. The summed E-state index contributed by atoms with van der Waals surface area (Å²) >= 11 is 0. The van der Waals surface area contributed by atoms with Crippen molar-refractivity contribution in [3.05, 3.63) is 17.6 Å². The summed E-state index contributed by atoms with van der Waals surface area (Å²) in [7, 11) is 0. The smallest absolute Gasteiger partial charge is 0.329 e. The lowest BCUT2D eigenvalue weighted by Crippen LogP contribution is -2.49. The molecule has 1 saturated carbocycles. The van der Waals surface area contributed by atoms with E-state index in [1.165, 1.54) is 0 Å². The van der Waals surface area contributed by atoms with Crippen LogP contribution in [0.3, 0.4) is 0 Å². The van der Waals surface area contributed by atoms with E-state index in [1.807, 2.05) is 19.9 Å². The predicted molar refractivity (Wildman–Crippen MR) is 77.8 cm³/mol. The number of anilines is 1. The molecule has 0 aliphatic heterocycles. The number of carboxylic acids is 1. The largest absolute Gasteiger partial charge is 0.480 e. The van der Waals surface area contributed by atoms with Crippen molar-refractivity contribution in [2.24, 2.45) is 5.92 Å². The number of carbonyl (C=O) groups is 1. The molecule has 0 radical (unpaired) electrons. The molecule has 0 unspecified atom stereocenters. The van der Waals surface area contributed by atoms with Gasteiger partial charge in [-0.05, 0) is 44.9 Å². The quantitative estimate of drug-likeness (QED) is 0.885. The van der Waals surface area contributed by atoms with E-state index in [9.17, 15) is 9.90 Å². The molecule has 5 nitrogen and oxygen atoms in total. The van der Waals surface area contributed by atoms with Crippen LogP contribution >= 0.6 is 0 Å². The third-order valence-electron chi connectivity index (χ3n) is 4.16. The summed E-state index contributed by atoms with van der Waals surface area (Å²) in [5.41, 5.74) is 0.0583. The van der Waals surface area contributed by atoms with Crippen molar-refractivity contribution in [3.8, 4) is 0 Å². The highest BCUT2D eigenvalue weighted by Gasteiger charge is 2.41. The number of hydrogen-bond donors (Lipinski definition) is 2. The number of aromatic nitrogens is 2. The molecule has 0 saturated heterocycles. The number of carboxylic acid groups (broad SMARTS) is 1. The van der Waals surface area contributed by atoms with Crippen molar-refractivity contribution >= 4 is 11.8 Å². The minimum Gasteiger partial charge on any atom is -0.480 e. The molecule has 2 rings (SSSR count). The second-order valence-electron chi connectivity index (χ2n) is 5.84. The van der Waals surface area contributed by atoms with Crippen molar-refractivity contribution in [1.29, 1.82) is 0 Å². The number of aryl methyl sites for hydroxylation is 2. The molecule has 110 valence electrons. The molecular weight excluding hydrogens is 254 g/mol. The predicted octanol–water partition coefficient (Wildman–Crippen LogP) is 2.79. The first-order valence-electron chi connectivity index (χ1n) is 7.31. The van der Waals surface area contributed by atoms with Crippen LogP contribution in [0.5, 0.6) is 0 Å². The van der Waals surface area contributed by atoms with Crippen molar-refractivity contribution in [2.75, 3.05) is 5.32 Å². The van der Waals surface area contributed by atoms with Gasteiger partial charge in [-0.1, -0.05) is 13.8 Å². The molecule has 1 aliphatic carbocycles. The molecule has 1 aromatic rings. The molecule has 0 spiro atoms.